The summed E-state index contributed by atoms with van der Waals surface area (Å²) >= 11 is 0. The van der Waals surface area contributed by atoms with Gasteiger partial charge in [-0.05, 0) is 42.5 Å². The zero-order valence-corrected chi connectivity index (χ0v) is 17.7. The third-order valence-corrected chi connectivity index (χ3v) is 7.78. The predicted octanol–water partition coefficient (Wildman–Crippen LogP) is 4.11. The number of benzene rings is 2. The number of methoxy groups -OCH3 is 2. The van der Waals surface area contributed by atoms with E-state index in [0.717, 1.165) is 30.4 Å². The van der Waals surface area contributed by atoms with E-state index in [1.165, 1.54) is 5.57 Å². The number of nitrogens with zero attached hydrogens (tertiary/aromatic N) is 1. The largest absolute Gasteiger partial charge is 0.493 e. The van der Waals surface area contributed by atoms with Crippen LogP contribution >= 0.6 is 0 Å². The van der Waals surface area contributed by atoms with Gasteiger partial charge in [0.05, 0.1) is 26.0 Å². The third kappa shape index (κ3) is 3.91. The molecule has 1 heterocycles. The highest BCUT2D eigenvalue weighted by Gasteiger charge is 2.43. The van der Waals surface area contributed by atoms with Crippen molar-refractivity contribution in [2.24, 2.45) is 0 Å². The maximum Gasteiger partial charge on any atom is 0.218 e. The number of rotatable bonds is 6. The molecule has 0 aromatic heterocycles. The molecule has 2 aromatic carbocycles. The number of ether oxygens (including phenoxy) is 2. The smallest absolute Gasteiger partial charge is 0.218 e. The summed E-state index contributed by atoms with van der Waals surface area (Å²) in [4.78, 5) is 0. The molecule has 0 unspecified atom stereocenters. The first-order valence-corrected chi connectivity index (χ1v) is 11.6. The molecular weight excluding hydrogens is 386 g/mol. The fourth-order valence-corrected chi connectivity index (χ4v) is 6.39. The summed E-state index contributed by atoms with van der Waals surface area (Å²) in [5.74, 6) is 1.51. The van der Waals surface area contributed by atoms with Gasteiger partial charge in [-0.3, -0.25) is 0 Å². The van der Waals surface area contributed by atoms with Crippen molar-refractivity contribution in [2.75, 3.05) is 20.8 Å². The minimum absolute atomic E-state index is 0.0380. The fourth-order valence-electron chi connectivity index (χ4n) is 4.61. The molecular formula is C23H27NO4S. The first-order valence-electron chi connectivity index (χ1n) is 9.98. The molecule has 6 heteroatoms. The maximum atomic E-state index is 13.3. The lowest BCUT2D eigenvalue weighted by molar-refractivity contribution is 0.339. The molecule has 0 spiro atoms. The van der Waals surface area contributed by atoms with Crippen LogP contribution in [0.2, 0.25) is 0 Å². The van der Waals surface area contributed by atoms with Crippen molar-refractivity contribution in [3.05, 3.63) is 71.3 Å². The standard InChI is InChI=1S/C23H27NO4S/c1-27-21-12-11-19(15-22(21)28-2)20-10-6-9-18-13-14-24(23(18)20)29(25,26)16-17-7-4-3-5-8-17/h3-5,7-9,11-12,15,20,23H,6,10,13-14,16H2,1-2H3/t20-,23+/m0/s1. The summed E-state index contributed by atoms with van der Waals surface area (Å²) in [7, 11) is -0.172. The van der Waals surface area contributed by atoms with Crippen molar-refractivity contribution in [2.45, 2.75) is 37.0 Å². The van der Waals surface area contributed by atoms with Gasteiger partial charge >= 0.3 is 0 Å². The quantitative estimate of drug-likeness (QED) is 0.669. The molecule has 0 saturated carbocycles. The number of allylic oxidation sites excluding steroid dienone is 1. The first-order chi connectivity index (χ1) is 14.0. The van der Waals surface area contributed by atoms with Gasteiger partial charge in [-0.15, -0.1) is 0 Å². The third-order valence-electron chi connectivity index (χ3n) is 5.96. The average Bonchev–Trinajstić information content (AvgIpc) is 3.19. The highest BCUT2D eigenvalue weighted by Crippen LogP contribution is 2.44. The van der Waals surface area contributed by atoms with Gasteiger partial charge in [-0.1, -0.05) is 48.0 Å². The Kier molecular flexibility index (Phi) is 5.65. The van der Waals surface area contributed by atoms with Crippen molar-refractivity contribution < 1.29 is 17.9 Å². The lowest BCUT2D eigenvalue weighted by Gasteiger charge is -2.35. The molecule has 1 saturated heterocycles. The molecule has 154 valence electrons. The van der Waals surface area contributed by atoms with Gasteiger partial charge in [-0.2, -0.15) is 4.31 Å². The highest BCUT2D eigenvalue weighted by molar-refractivity contribution is 7.88. The van der Waals surface area contributed by atoms with Gasteiger partial charge in [0.1, 0.15) is 0 Å². The summed E-state index contributed by atoms with van der Waals surface area (Å²) in [6, 6.07) is 15.2. The van der Waals surface area contributed by atoms with Crippen LogP contribution in [0.5, 0.6) is 11.5 Å². The lowest BCUT2D eigenvalue weighted by atomic mass is 9.80. The van der Waals surface area contributed by atoms with E-state index < -0.39 is 10.0 Å². The summed E-state index contributed by atoms with van der Waals surface area (Å²) in [6.07, 6.45) is 4.93. The van der Waals surface area contributed by atoms with Crippen LogP contribution in [0.15, 0.2) is 60.2 Å². The number of hydrogen-bond acceptors (Lipinski definition) is 4. The van der Waals surface area contributed by atoms with E-state index in [1.807, 2.05) is 48.5 Å². The van der Waals surface area contributed by atoms with Gasteiger partial charge in [0.15, 0.2) is 11.5 Å². The van der Waals surface area contributed by atoms with E-state index in [1.54, 1.807) is 18.5 Å². The van der Waals surface area contributed by atoms with Gasteiger partial charge in [0, 0.05) is 12.5 Å². The molecule has 0 bridgehead atoms. The molecule has 0 amide bonds. The molecule has 1 aliphatic heterocycles. The number of fused-ring (bicyclic) bond motifs is 1. The van der Waals surface area contributed by atoms with Crippen LogP contribution in [-0.2, 0) is 15.8 Å². The van der Waals surface area contributed by atoms with Gasteiger partial charge in [0.25, 0.3) is 0 Å². The van der Waals surface area contributed by atoms with Crippen LogP contribution in [0.4, 0.5) is 0 Å². The van der Waals surface area contributed by atoms with E-state index in [-0.39, 0.29) is 17.7 Å². The SMILES string of the molecule is COc1ccc([C@@H]2CCC=C3CCN(S(=O)(=O)Cc4ccccc4)[C@H]32)cc1OC. The Morgan fingerprint density at radius 2 is 1.79 bits per heavy atom. The lowest BCUT2D eigenvalue weighted by Crippen LogP contribution is -2.41. The topological polar surface area (TPSA) is 55.8 Å². The first kappa shape index (κ1) is 20.0. The molecule has 1 aliphatic carbocycles. The van der Waals surface area contributed by atoms with Crippen molar-refractivity contribution in [3.8, 4) is 11.5 Å². The summed E-state index contributed by atoms with van der Waals surface area (Å²) < 4.78 is 39.2. The molecule has 1 fully saturated rings. The van der Waals surface area contributed by atoms with Crippen LogP contribution in [0.1, 0.15) is 36.3 Å². The van der Waals surface area contributed by atoms with Crippen LogP contribution < -0.4 is 9.47 Å². The van der Waals surface area contributed by atoms with E-state index in [2.05, 4.69) is 6.08 Å². The Bertz CT molecular complexity index is 1000. The van der Waals surface area contributed by atoms with Crippen LogP contribution in [-0.4, -0.2) is 39.5 Å². The van der Waals surface area contributed by atoms with Crippen LogP contribution in [0.25, 0.3) is 0 Å². The van der Waals surface area contributed by atoms with Gasteiger partial charge < -0.3 is 9.47 Å². The van der Waals surface area contributed by atoms with Gasteiger partial charge in [0.2, 0.25) is 10.0 Å². The Morgan fingerprint density at radius 1 is 1.03 bits per heavy atom. The minimum Gasteiger partial charge on any atom is -0.493 e. The maximum absolute atomic E-state index is 13.3. The molecule has 29 heavy (non-hydrogen) atoms. The number of hydrogen-bond donors (Lipinski definition) is 0. The second kappa shape index (κ2) is 8.20. The summed E-state index contributed by atoms with van der Waals surface area (Å²) in [6.45, 7) is 0.551. The van der Waals surface area contributed by atoms with E-state index in [9.17, 15) is 8.42 Å². The molecule has 5 nitrogen and oxygen atoms in total. The number of sulfonamides is 1. The van der Waals surface area contributed by atoms with Crippen molar-refractivity contribution in [3.63, 3.8) is 0 Å². The van der Waals surface area contributed by atoms with E-state index in [4.69, 9.17) is 9.47 Å². The molecule has 4 rings (SSSR count). The van der Waals surface area contributed by atoms with Crippen molar-refractivity contribution >= 4 is 10.0 Å². The molecule has 2 aromatic rings. The minimum atomic E-state index is -3.42. The zero-order valence-electron chi connectivity index (χ0n) is 16.9. The highest BCUT2D eigenvalue weighted by atomic mass is 32.2. The van der Waals surface area contributed by atoms with Crippen molar-refractivity contribution in [1.82, 2.24) is 4.31 Å². The Morgan fingerprint density at radius 3 is 2.52 bits per heavy atom. The molecule has 2 aliphatic rings. The van der Waals surface area contributed by atoms with E-state index in [0.29, 0.717) is 18.0 Å². The Labute approximate surface area is 173 Å². The Balaban J connectivity index is 1.66. The second-order valence-electron chi connectivity index (χ2n) is 7.62. The normalized spacial score (nSPS) is 22.1. The van der Waals surface area contributed by atoms with Crippen LogP contribution in [0, 0.1) is 0 Å². The summed E-state index contributed by atoms with van der Waals surface area (Å²) in [5.41, 5.74) is 3.16. The predicted molar refractivity (Wildman–Crippen MR) is 114 cm³/mol. The van der Waals surface area contributed by atoms with E-state index >= 15 is 0 Å². The monoisotopic (exact) mass is 413 g/mol. The molecule has 0 radical (unpaired) electrons. The average molecular weight is 414 g/mol. The van der Waals surface area contributed by atoms with Crippen molar-refractivity contribution in [1.29, 1.82) is 0 Å². The molecule has 2 atom stereocenters. The van der Waals surface area contributed by atoms with Crippen LogP contribution in [0.3, 0.4) is 0 Å². The fraction of sp³-hybridized carbons (Fsp3) is 0.391. The second-order valence-corrected chi connectivity index (χ2v) is 9.55. The Hall–Kier alpha value is -2.31. The molecule has 0 N–H and O–H groups in total. The van der Waals surface area contributed by atoms with Gasteiger partial charge in [-0.25, -0.2) is 8.42 Å². The summed E-state index contributed by atoms with van der Waals surface area (Å²) in [5, 5.41) is 0. The zero-order chi connectivity index (χ0) is 20.4.